The Bertz CT molecular complexity index is 294. The van der Waals surface area contributed by atoms with Crippen molar-refractivity contribution < 1.29 is 4.79 Å². The van der Waals surface area contributed by atoms with Crippen LogP contribution in [-0.4, -0.2) is 68.9 Å². The van der Waals surface area contributed by atoms with Gasteiger partial charge in [-0.1, -0.05) is 27.7 Å². The normalized spacial score (nSPS) is 19.2. The number of hydrogen-bond acceptors (Lipinski definition) is 4. The van der Waals surface area contributed by atoms with E-state index in [2.05, 4.69) is 42.8 Å². The second-order valence-electron chi connectivity index (χ2n) is 7.78. The Balaban J connectivity index is 2.41. The summed E-state index contributed by atoms with van der Waals surface area (Å²) < 4.78 is 0. The van der Waals surface area contributed by atoms with Gasteiger partial charge in [0.1, 0.15) is 6.29 Å². The molecule has 1 aliphatic heterocycles. The summed E-state index contributed by atoms with van der Waals surface area (Å²) in [6, 6.07) is 0. The Morgan fingerprint density at radius 3 is 2.05 bits per heavy atom. The van der Waals surface area contributed by atoms with E-state index in [9.17, 15) is 4.79 Å². The highest BCUT2D eigenvalue weighted by Crippen LogP contribution is 2.34. The molecule has 0 aliphatic carbocycles. The van der Waals surface area contributed by atoms with Crippen LogP contribution in [0.25, 0.3) is 0 Å². The summed E-state index contributed by atoms with van der Waals surface area (Å²) in [4.78, 5) is 15.3. The van der Waals surface area contributed by atoms with E-state index in [0.717, 1.165) is 45.6 Å². The van der Waals surface area contributed by atoms with Gasteiger partial charge in [0.2, 0.25) is 0 Å². The largest absolute Gasteiger partial charge is 0.319 e. The fraction of sp³-hybridized carbons (Fsp3) is 0.938. The molecule has 0 aromatic rings. The van der Waals surface area contributed by atoms with Gasteiger partial charge in [-0.15, -0.1) is 0 Å². The van der Waals surface area contributed by atoms with Crippen LogP contribution in [0, 0.1) is 10.8 Å². The molecule has 20 heavy (non-hydrogen) atoms. The molecule has 0 amide bonds. The van der Waals surface area contributed by atoms with Crippen LogP contribution in [0.2, 0.25) is 0 Å². The number of rotatable bonds is 8. The van der Waals surface area contributed by atoms with Crippen LogP contribution in [0.15, 0.2) is 0 Å². The number of nitrogens with zero attached hydrogens (tertiary/aromatic N) is 2. The number of carbonyl (C=O) groups is 1. The number of aldehydes is 1. The first-order chi connectivity index (χ1) is 9.28. The zero-order chi connectivity index (χ0) is 15.2. The first-order valence-corrected chi connectivity index (χ1v) is 7.81. The molecule has 0 aromatic carbocycles. The van der Waals surface area contributed by atoms with Crippen LogP contribution in [-0.2, 0) is 4.79 Å². The van der Waals surface area contributed by atoms with Crippen molar-refractivity contribution in [2.24, 2.45) is 10.8 Å². The lowest BCUT2D eigenvalue weighted by Gasteiger charge is -2.41. The number of piperazine rings is 1. The Morgan fingerprint density at radius 1 is 1.00 bits per heavy atom. The molecule has 1 fully saturated rings. The van der Waals surface area contributed by atoms with E-state index < -0.39 is 0 Å². The van der Waals surface area contributed by atoms with Gasteiger partial charge in [-0.05, 0) is 30.8 Å². The van der Waals surface area contributed by atoms with Gasteiger partial charge in [-0.2, -0.15) is 0 Å². The highest BCUT2D eigenvalue weighted by atomic mass is 16.1. The fourth-order valence-electron chi connectivity index (χ4n) is 3.73. The van der Waals surface area contributed by atoms with Crippen LogP contribution >= 0.6 is 0 Å². The highest BCUT2D eigenvalue weighted by Gasteiger charge is 2.31. The predicted octanol–water partition coefficient (Wildman–Crippen LogP) is 1.46. The van der Waals surface area contributed by atoms with Gasteiger partial charge in [0.25, 0.3) is 0 Å². The Kier molecular flexibility index (Phi) is 6.62. The van der Waals surface area contributed by atoms with Crippen molar-refractivity contribution in [3.05, 3.63) is 0 Å². The molecule has 0 radical (unpaired) electrons. The molecule has 0 aromatic heterocycles. The average Bonchev–Trinajstić information content (AvgIpc) is 2.29. The van der Waals surface area contributed by atoms with Crippen molar-refractivity contribution >= 4 is 6.29 Å². The average molecular weight is 283 g/mol. The molecule has 1 N–H and O–H groups in total. The van der Waals surface area contributed by atoms with Crippen molar-refractivity contribution in [1.82, 2.24) is 15.1 Å². The standard InChI is InChI=1S/C16H33N3O/c1-15(2,13-17-5)12-16(3,4)14-19-8-6-18(7-9-19)10-11-20/h11,17H,6-10,12-14H2,1-5H3. The first-order valence-electron chi connectivity index (χ1n) is 7.81. The smallest absolute Gasteiger partial charge is 0.133 e. The lowest BCUT2D eigenvalue weighted by Crippen LogP contribution is -2.50. The Morgan fingerprint density at radius 2 is 1.55 bits per heavy atom. The van der Waals surface area contributed by atoms with E-state index in [1.807, 2.05) is 7.05 Å². The zero-order valence-electron chi connectivity index (χ0n) is 14.0. The lowest BCUT2D eigenvalue weighted by atomic mass is 9.74. The van der Waals surface area contributed by atoms with Crippen LogP contribution in [0.3, 0.4) is 0 Å². The molecule has 1 saturated heterocycles. The monoisotopic (exact) mass is 283 g/mol. The molecule has 0 atom stereocenters. The number of nitrogens with one attached hydrogen (secondary N) is 1. The minimum absolute atomic E-state index is 0.327. The molecule has 1 aliphatic rings. The van der Waals surface area contributed by atoms with Crippen molar-refractivity contribution in [2.45, 2.75) is 34.1 Å². The molecule has 1 heterocycles. The molecule has 0 unspecified atom stereocenters. The maximum absolute atomic E-state index is 10.5. The van der Waals surface area contributed by atoms with Gasteiger partial charge >= 0.3 is 0 Å². The Labute approximate surface area is 124 Å². The third-order valence-electron chi connectivity index (χ3n) is 4.06. The topological polar surface area (TPSA) is 35.6 Å². The maximum atomic E-state index is 10.5. The number of carbonyl (C=O) groups excluding carboxylic acids is 1. The van der Waals surface area contributed by atoms with Gasteiger partial charge in [0.15, 0.2) is 0 Å². The van der Waals surface area contributed by atoms with Crippen molar-refractivity contribution in [3.63, 3.8) is 0 Å². The van der Waals surface area contributed by atoms with Crippen molar-refractivity contribution in [2.75, 3.05) is 52.9 Å². The summed E-state index contributed by atoms with van der Waals surface area (Å²) in [6.45, 7) is 16.5. The van der Waals surface area contributed by atoms with Crippen LogP contribution in [0.1, 0.15) is 34.1 Å². The summed E-state index contributed by atoms with van der Waals surface area (Å²) >= 11 is 0. The SMILES string of the molecule is CNCC(C)(C)CC(C)(C)CN1CCN(CC=O)CC1. The van der Waals surface area contributed by atoms with Crippen molar-refractivity contribution in [1.29, 1.82) is 0 Å². The number of hydrogen-bond donors (Lipinski definition) is 1. The lowest BCUT2D eigenvalue weighted by molar-refractivity contribution is -0.109. The molecular formula is C16H33N3O. The van der Waals surface area contributed by atoms with E-state index in [0.29, 0.717) is 17.4 Å². The molecule has 1 rings (SSSR count). The van der Waals surface area contributed by atoms with E-state index >= 15 is 0 Å². The summed E-state index contributed by atoms with van der Waals surface area (Å²) in [6.07, 6.45) is 2.23. The van der Waals surface area contributed by atoms with E-state index in [4.69, 9.17) is 0 Å². The third-order valence-corrected chi connectivity index (χ3v) is 4.06. The summed E-state index contributed by atoms with van der Waals surface area (Å²) in [5, 5.41) is 3.30. The Hall–Kier alpha value is -0.450. The predicted molar refractivity (Wildman–Crippen MR) is 85.0 cm³/mol. The minimum atomic E-state index is 0.327. The van der Waals surface area contributed by atoms with Crippen molar-refractivity contribution in [3.8, 4) is 0 Å². The van der Waals surface area contributed by atoms with E-state index in [1.165, 1.54) is 6.42 Å². The van der Waals surface area contributed by atoms with Gasteiger partial charge in [0.05, 0.1) is 6.54 Å². The molecule has 4 heteroatoms. The molecule has 118 valence electrons. The second-order valence-corrected chi connectivity index (χ2v) is 7.78. The van der Waals surface area contributed by atoms with Gasteiger partial charge < -0.3 is 15.0 Å². The summed E-state index contributed by atoms with van der Waals surface area (Å²) in [5.74, 6) is 0. The van der Waals surface area contributed by atoms with Gasteiger partial charge in [0, 0.05) is 32.7 Å². The molecule has 0 spiro atoms. The summed E-state index contributed by atoms with van der Waals surface area (Å²) in [7, 11) is 2.03. The van der Waals surface area contributed by atoms with Crippen LogP contribution in [0.5, 0.6) is 0 Å². The van der Waals surface area contributed by atoms with E-state index in [1.54, 1.807) is 0 Å². The molecule has 0 bridgehead atoms. The molecular weight excluding hydrogens is 250 g/mol. The third kappa shape index (κ3) is 6.33. The minimum Gasteiger partial charge on any atom is -0.319 e. The summed E-state index contributed by atoms with van der Waals surface area (Å²) in [5.41, 5.74) is 0.658. The van der Waals surface area contributed by atoms with Gasteiger partial charge in [-0.25, -0.2) is 0 Å². The maximum Gasteiger partial charge on any atom is 0.133 e. The highest BCUT2D eigenvalue weighted by molar-refractivity contribution is 5.51. The molecule has 0 saturated carbocycles. The van der Waals surface area contributed by atoms with E-state index in [-0.39, 0.29) is 0 Å². The van der Waals surface area contributed by atoms with Gasteiger partial charge in [-0.3, -0.25) is 4.90 Å². The van der Waals surface area contributed by atoms with Crippen LogP contribution in [0.4, 0.5) is 0 Å². The zero-order valence-corrected chi connectivity index (χ0v) is 14.0. The first kappa shape index (κ1) is 17.6. The molecule has 4 nitrogen and oxygen atoms in total. The fourth-order valence-corrected chi connectivity index (χ4v) is 3.73. The quantitative estimate of drug-likeness (QED) is 0.684. The second kappa shape index (κ2) is 7.53. The van der Waals surface area contributed by atoms with Crippen LogP contribution < -0.4 is 5.32 Å².